The minimum absolute atomic E-state index is 0.0410. The number of aliphatic hydroxyl groups excluding tert-OH is 1. The molecule has 1 heterocycles. The highest BCUT2D eigenvalue weighted by molar-refractivity contribution is 5.83. The zero-order valence-electron chi connectivity index (χ0n) is 14.8. The van der Waals surface area contributed by atoms with Gasteiger partial charge in [-0.05, 0) is 18.4 Å². The summed E-state index contributed by atoms with van der Waals surface area (Å²) in [6.45, 7) is 6.85. The van der Waals surface area contributed by atoms with Crippen LogP contribution in [-0.2, 0) is 9.59 Å². The molecular weight excluding hydrogens is 304 g/mol. The number of carbonyl (C=O) groups is 2. The lowest BCUT2D eigenvalue weighted by molar-refractivity contribution is -0.142. The van der Waals surface area contributed by atoms with Gasteiger partial charge in [0.25, 0.3) is 0 Å². The van der Waals surface area contributed by atoms with Crippen molar-refractivity contribution in [2.75, 3.05) is 19.7 Å². The number of likely N-dealkylation sites (tertiary alicyclic amines) is 1. The Morgan fingerprint density at radius 1 is 1.21 bits per heavy atom. The van der Waals surface area contributed by atoms with Crippen molar-refractivity contribution in [3.8, 4) is 0 Å². The Balaban J connectivity index is 1.90. The Bertz CT molecular complexity index is 558. The fraction of sp³-hybridized carbons (Fsp3) is 0.579. The van der Waals surface area contributed by atoms with Crippen molar-refractivity contribution in [2.24, 2.45) is 11.3 Å². The summed E-state index contributed by atoms with van der Waals surface area (Å²) in [7, 11) is 0. The number of carbonyl (C=O) groups excluding carboxylic acids is 2. The summed E-state index contributed by atoms with van der Waals surface area (Å²) < 4.78 is 0. The quantitative estimate of drug-likeness (QED) is 0.887. The molecule has 1 aliphatic rings. The van der Waals surface area contributed by atoms with Crippen LogP contribution >= 0.6 is 0 Å². The molecule has 0 bridgehead atoms. The first-order valence-corrected chi connectivity index (χ1v) is 8.58. The molecule has 1 fully saturated rings. The number of rotatable bonds is 4. The fourth-order valence-corrected chi connectivity index (χ4v) is 3.03. The van der Waals surface area contributed by atoms with Crippen LogP contribution in [0.2, 0.25) is 0 Å². The number of nitrogens with zero attached hydrogens (tertiary/aromatic N) is 1. The first-order chi connectivity index (χ1) is 11.3. The van der Waals surface area contributed by atoms with Crippen molar-refractivity contribution in [3.05, 3.63) is 35.9 Å². The standard InChI is InChI=1S/C19H28N2O3/c1-19(2,3)18(24)21-11-9-15(10-12-21)17(23)20-16(13-22)14-7-5-4-6-8-14/h4-8,15-16,22H,9-13H2,1-3H3,(H,20,23)/t16-/m1/s1. The van der Waals surface area contributed by atoms with Gasteiger partial charge in [0, 0.05) is 24.4 Å². The van der Waals surface area contributed by atoms with Gasteiger partial charge >= 0.3 is 0 Å². The van der Waals surface area contributed by atoms with Gasteiger partial charge in [0.2, 0.25) is 11.8 Å². The number of aliphatic hydroxyl groups is 1. The molecule has 1 atom stereocenters. The van der Waals surface area contributed by atoms with Crippen molar-refractivity contribution in [1.82, 2.24) is 10.2 Å². The molecule has 1 aromatic rings. The number of benzene rings is 1. The van der Waals surface area contributed by atoms with Crippen LogP contribution in [0.4, 0.5) is 0 Å². The van der Waals surface area contributed by atoms with E-state index in [1.807, 2.05) is 56.0 Å². The summed E-state index contributed by atoms with van der Waals surface area (Å²) in [6.07, 6.45) is 1.33. The maximum absolute atomic E-state index is 12.5. The van der Waals surface area contributed by atoms with Gasteiger partial charge in [-0.25, -0.2) is 0 Å². The van der Waals surface area contributed by atoms with Crippen molar-refractivity contribution in [3.63, 3.8) is 0 Å². The van der Waals surface area contributed by atoms with Gasteiger partial charge in [-0.15, -0.1) is 0 Å². The largest absolute Gasteiger partial charge is 0.394 e. The Morgan fingerprint density at radius 3 is 2.29 bits per heavy atom. The van der Waals surface area contributed by atoms with Gasteiger partial charge in [-0.1, -0.05) is 51.1 Å². The highest BCUT2D eigenvalue weighted by Crippen LogP contribution is 2.24. The van der Waals surface area contributed by atoms with Crippen LogP contribution in [0.5, 0.6) is 0 Å². The molecular formula is C19H28N2O3. The van der Waals surface area contributed by atoms with E-state index in [9.17, 15) is 14.7 Å². The highest BCUT2D eigenvalue weighted by atomic mass is 16.3. The van der Waals surface area contributed by atoms with Crippen LogP contribution in [0.25, 0.3) is 0 Å². The number of nitrogens with one attached hydrogen (secondary N) is 1. The van der Waals surface area contributed by atoms with Crippen LogP contribution in [0.1, 0.15) is 45.2 Å². The Hall–Kier alpha value is -1.88. The van der Waals surface area contributed by atoms with E-state index in [1.165, 1.54) is 0 Å². The van der Waals surface area contributed by atoms with E-state index in [0.717, 1.165) is 5.56 Å². The summed E-state index contributed by atoms with van der Waals surface area (Å²) in [5.74, 6) is -0.00794. The van der Waals surface area contributed by atoms with Crippen molar-refractivity contribution in [1.29, 1.82) is 0 Å². The smallest absolute Gasteiger partial charge is 0.227 e. The lowest BCUT2D eigenvalue weighted by atomic mass is 9.90. The summed E-state index contributed by atoms with van der Waals surface area (Å²) in [5, 5.41) is 12.5. The molecule has 0 radical (unpaired) electrons. The fourth-order valence-electron chi connectivity index (χ4n) is 3.03. The topological polar surface area (TPSA) is 69.6 Å². The lowest BCUT2D eigenvalue weighted by Crippen LogP contribution is -2.47. The van der Waals surface area contributed by atoms with Gasteiger partial charge in [-0.3, -0.25) is 9.59 Å². The molecule has 5 heteroatoms. The van der Waals surface area contributed by atoms with Crippen LogP contribution in [0.3, 0.4) is 0 Å². The molecule has 2 amide bonds. The minimum atomic E-state index is -0.385. The van der Waals surface area contributed by atoms with E-state index in [2.05, 4.69) is 5.32 Å². The number of hydrogen-bond acceptors (Lipinski definition) is 3. The van der Waals surface area contributed by atoms with Crippen molar-refractivity contribution >= 4 is 11.8 Å². The molecule has 0 saturated carbocycles. The zero-order valence-corrected chi connectivity index (χ0v) is 14.8. The summed E-state index contributed by atoms with van der Waals surface area (Å²) in [6, 6.07) is 9.09. The SMILES string of the molecule is CC(C)(C)C(=O)N1CCC(C(=O)N[C@H](CO)c2ccccc2)CC1. The minimum Gasteiger partial charge on any atom is -0.394 e. The van der Waals surface area contributed by atoms with Gasteiger partial charge in [0.1, 0.15) is 0 Å². The molecule has 0 aromatic heterocycles. The molecule has 24 heavy (non-hydrogen) atoms. The van der Waals surface area contributed by atoms with Gasteiger partial charge in [0.15, 0.2) is 0 Å². The van der Waals surface area contributed by atoms with E-state index in [0.29, 0.717) is 25.9 Å². The summed E-state index contributed by atoms with van der Waals surface area (Å²) in [5.41, 5.74) is 0.512. The van der Waals surface area contributed by atoms with Crippen LogP contribution in [0, 0.1) is 11.3 Å². The predicted octanol–water partition coefficient (Wildman–Crippen LogP) is 2.12. The molecule has 132 valence electrons. The van der Waals surface area contributed by atoms with Crippen LogP contribution in [-0.4, -0.2) is 41.5 Å². The normalized spacial score (nSPS) is 17.4. The second-order valence-corrected chi connectivity index (χ2v) is 7.47. The Labute approximate surface area is 144 Å². The zero-order chi connectivity index (χ0) is 17.7. The maximum atomic E-state index is 12.5. The average molecular weight is 332 g/mol. The van der Waals surface area contributed by atoms with Gasteiger partial charge in [0.05, 0.1) is 12.6 Å². The van der Waals surface area contributed by atoms with Crippen LogP contribution < -0.4 is 5.32 Å². The number of hydrogen-bond donors (Lipinski definition) is 2. The molecule has 5 nitrogen and oxygen atoms in total. The summed E-state index contributed by atoms with van der Waals surface area (Å²) >= 11 is 0. The summed E-state index contributed by atoms with van der Waals surface area (Å²) in [4.78, 5) is 26.6. The van der Waals surface area contributed by atoms with Gasteiger partial charge in [-0.2, -0.15) is 0 Å². The highest BCUT2D eigenvalue weighted by Gasteiger charge is 2.32. The average Bonchev–Trinajstić information content (AvgIpc) is 2.59. The first-order valence-electron chi connectivity index (χ1n) is 8.58. The molecule has 2 rings (SSSR count). The van der Waals surface area contributed by atoms with E-state index >= 15 is 0 Å². The molecule has 1 aliphatic heterocycles. The van der Waals surface area contributed by atoms with E-state index in [4.69, 9.17) is 0 Å². The molecule has 1 saturated heterocycles. The third-order valence-corrected chi connectivity index (χ3v) is 4.50. The first kappa shape index (κ1) is 18.5. The van der Waals surface area contributed by atoms with E-state index < -0.39 is 0 Å². The van der Waals surface area contributed by atoms with Crippen LogP contribution in [0.15, 0.2) is 30.3 Å². The monoisotopic (exact) mass is 332 g/mol. The molecule has 0 unspecified atom stereocenters. The van der Waals surface area contributed by atoms with E-state index in [1.54, 1.807) is 0 Å². The van der Waals surface area contributed by atoms with E-state index in [-0.39, 0.29) is 35.8 Å². The lowest BCUT2D eigenvalue weighted by Gasteiger charge is -2.35. The Morgan fingerprint density at radius 2 is 1.79 bits per heavy atom. The molecule has 2 N–H and O–H groups in total. The number of piperidine rings is 1. The molecule has 1 aromatic carbocycles. The predicted molar refractivity (Wildman–Crippen MR) is 93.2 cm³/mol. The second-order valence-electron chi connectivity index (χ2n) is 7.47. The number of amides is 2. The Kier molecular flexibility index (Phi) is 5.99. The maximum Gasteiger partial charge on any atom is 0.227 e. The van der Waals surface area contributed by atoms with Crippen molar-refractivity contribution in [2.45, 2.75) is 39.7 Å². The third-order valence-electron chi connectivity index (χ3n) is 4.50. The second kappa shape index (κ2) is 7.79. The molecule has 0 aliphatic carbocycles. The third kappa shape index (κ3) is 4.57. The van der Waals surface area contributed by atoms with Crippen molar-refractivity contribution < 1.29 is 14.7 Å². The van der Waals surface area contributed by atoms with Gasteiger partial charge < -0.3 is 15.3 Å². The molecule has 0 spiro atoms.